The normalized spacial score (nSPS) is 14.6. The highest BCUT2D eigenvalue weighted by Gasteiger charge is 2.30. The van der Waals surface area contributed by atoms with Crippen LogP contribution >= 0.6 is 0 Å². The summed E-state index contributed by atoms with van der Waals surface area (Å²) in [5.41, 5.74) is 3.86. The standard InChI is InChI=1S/C21H22N4O3/c1-13(27)22-19(12-26)21(28)25-10-9-18-17(11-25)20(24-23-18)16-8-4-6-14-5-2-3-7-15(14)16/h2-8,19,26H,9-12H2,1H3,(H,22,27)(H,23,24)/t19-/m1/s1. The van der Waals surface area contributed by atoms with Gasteiger partial charge in [0.25, 0.3) is 0 Å². The maximum atomic E-state index is 12.8. The Morgan fingerprint density at radius 2 is 2.04 bits per heavy atom. The predicted octanol–water partition coefficient (Wildman–Crippen LogP) is 1.61. The van der Waals surface area contributed by atoms with Gasteiger partial charge in [0.05, 0.1) is 12.3 Å². The first kappa shape index (κ1) is 18.2. The molecule has 0 bridgehead atoms. The molecule has 7 nitrogen and oxygen atoms in total. The molecule has 0 radical (unpaired) electrons. The molecule has 4 rings (SSSR count). The van der Waals surface area contributed by atoms with Gasteiger partial charge in [-0.25, -0.2) is 0 Å². The Kier molecular flexibility index (Phi) is 4.83. The quantitative estimate of drug-likeness (QED) is 0.642. The minimum absolute atomic E-state index is 0.284. The van der Waals surface area contributed by atoms with Crippen LogP contribution in [0.2, 0.25) is 0 Å². The van der Waals surface area contributed by atoms with Crippen molar-refractivity contribution in [3.05, 3.63) is 53.7 Å². The molecule has 2 aromatic carbocycles. The van der Waals surface area contributed by atoms with E-state index in [1.807, 2.05) is 24.3 Å². The first-order chi connectivity index (χ1) is 13.6. The van der Waals surface area contributed by atoms with Crippen LogP contribution in [0.15, 0.2) is 42.5 Å². The molecule has 28 heavy (non-hydrogen) atoms. The Labute approximate surface area is 162 Å². The van der Waals surface area contributed by atoms with E-state index < -0.39 is 12.6 Å². The van der Waals surface area contributed by atoms with Gasteiger partial charge in [0.2, 0.25) is 11.8 Å². The van der Waals surface area contributed by atoms with Crippen LogP contribution in [-0.4, -0.2) is 51.2 Å². The van der Waals surface area contributed by atoms with Crippen LogP contribution < -0.4 is 5.32 Å². The zero-order valence-electron chi connectivity index (χ0n) is 15.6. The van der Waals surface area contributed by atoms with Crippen LogP contribution in [0, 0.1) is 0 Å². The number of hydrogen-bond donors (Lipinski definition) is 3. The molecule has 3 aromatic rings. The number of aromatic amines is 1. The second-order valence-electron chi connectivity index (χ2n) is 7.00. The van der Waals surface area contributed by atoms with E-state index in [0.29, 0.717) is 19.5 Å². The molecule has 7 heteroatoms. The molecule has 1 aromatic heterocycles. The molecule has 1 atom stereocenters. The summed E-state index contributed by atoms with van der Waals surface area (Å²) in [5, 5.41) is 21.9. The number of fused-ring (bicyclic) bond motifs is 2. The molecule has 0 saturated carbocycles. The highest BCUT2D eigenvalue weighted by molar-refractivity contribution is 5.96. The van der Waals surface area contributed by atoms with Crippen LogP contribution in [0.25, 0.3) is 22.0 Å². The summed E-state index contributed by atoms with van der Waals surface area (Å²) in [5.74, 6) is -0.627. The highest BCUT2D eigenvalue weighted by atomic mass is 16.3. The van der Waals surface area contributed by atoms with Crippen molar-refractivity contribution in [2.45, 2.75) is 25.9 Å². The van der Waals surface area contributed by atoms with Crippen molar-refractivity contribution < 1.29 is 14.7 Å². The van der Waals surface area contributed by atoms with E-state index in [2.05, 4.69) is 33.7 Å². The second-order valence-corrected chi connectivity index (χ2v) is 7.00. The third-order valence-corrected chi connectivity index (χ3v) is 5.15. The van der Waals surface area contributed by atoms with Crippen LogP contribution in [0.5, 0.6) is 0 Å². The third-order valence-electron chi connectivity index (χ3n) is 5.15. The average molecular weight is 378 g/mol. The van der Waals surface area contributed by atoms with Crippen LogP contribution in [0.4, 0.5) is 0 Å². The Morgan fingerprint density at radius 3 is 2.82 bits per heavy atom. The van der Waals surface area contributed by atoms with Gasteiger partial charge in [-0.05, 0) is 10.8 Å². The fourth-order valence-corrected chi connectivity index (χ4v) is 3.79. The van der Waals surface area contributed by atoms with Crippen molar-refractivity contribution in [3.8, 4) is 11.3 Å². The van der Waals surface area contributed by atoms with Crippen molar-refractivity contribution in [2.24, 2.45) is 0 Å². The second kappa shape index (κ2) is 7.44. The van der Waals surface area contributed by atoms with Crippen molar-refractivity contribution in [1.82, 2.24) is 20.4 Å². The van der Waals surface area contributed by atoms with E-state index in [9.17, 15) is 14.7 Å². The number of rotatable bonds is 4. The van der Waals surface area contributed by atoms with E-state index in [4.69, 9.17) is 0 Å². The minimum atomic E-state index is -0.924. The molecular weight excluding hydrogens is 356 g/mol. The smallest absolute Gasteiger partial charge is 0.247 e. The number of aliphatic hydroxyl groups is 1. The number of carbonyl (C=O) groups excluding carboxylic acids is 2. The van der Waals surface area contributed by atoms with E-state index in [0.717, 1.165) is 33.3 Å². The van der Waals surface area contributed by atoms with E-state index in [1.54, 1.807) is 4.90 Å². The van der Waals surface area contributed by atoms with Gasteiger partial charge >= 0.3 is 0 Å². The van der Waals surface area contributed by atoms with Crippen LogP contribution in [0.1, 0.15) is 18.2 Å². The van der Waals surface area contributed by atoms with Crippen molar-refractivity contribution >= 4 is 22.6 Å². The van der Waals surface area contributed by atoms with E-state index >= 15 is 0 Å². The van der Waals surface area contributed by atoms with Gasteiger partial charge in [-0.2, -0.15) is 5.10 Å². The number of aliphatic hydroxyl groups excluding tert-OH is 1. The van der Waals surface area contributed by atoms with Gasteiger partial charge in [-0.3, -0.25) is 14.7 Å². The van der Waals surface area contributed by atoms with Crippen LogP contribution in [-0.2, 0) is 22.6 Å². The lowest BCUT2D eigenvalue weighted by atomic mass is 9.96. The fourth-order valence-electron chi connectivity index (χ4n) is 3.79. The lowest BCUT2D eigenvalue weighted by Gasteiger charge is -2.30. The van der Waals surface area contributed by atoms with Crippen molar-refractivity contribution in [3.63, 3.8) is 0 Å². The number of nitrogens with one attached hydrogen (secondary N) is 2. The largest absolute Gasteiger partial charge is 0.394 e. The molecule has 0 unspecified atom stereocenters. The van der Waals surface area contributed by atoms with Gasteiger partial charge in [-0.15, -0.1) is 0 Å². The summed E-state index contributed by atoms with van der Waals surface area (Å²) in [7, 11) is 0. The summed E-state index contributed by atoms with van der Waals surface area (Å²) >= 11 is 0. The molecule has 144 valence electrons. The number of H-pyrrole nitrogens is 1. The monoisotopic (exact) mass is 378 g/mol. The molecule has 0 spiro atoms. The summed E-state index contributed by atoms with van der Waals surface area (Å²) in [6, 6.07) is 13.3. The van der Waals surface area contributed by atoms with Crippen LogP contribution in [0.3, 0.4) is 0 Å². The topological polar surface area (TPSA) is 98.3 Å². The Hall–Kier alpha value is -3.19. The first-order valence-electron chi connectivity index (χ1n) is 9.29. The maximum Gasteiger partial charge on any atom is 0.247 e. The zero-order valence-corrected chi connectivity index (χ0v) is 15.6. The van der Waals surface area contributed by atoms with E-state index in [1.165, 1.54) is 6.92 Å². The number of carbonyl (C=O) groups is 2. The zero-order chi connectivity index (χ0) is 19.7. The molecular formula is C21H22N4O3. The van der Waals surface area contributed by atoms with Gasteiger partial charge in [-0.1, -0.05) is 42.5 Å². The molecule has 2 amide bonds. The molecule has 0 fully saturated rings. The van der Waals surface area contributed by atoms with Crippen molar-refractivity contribution in [1.29, 1.82) is 0 Å². The fraction of sp³-hybridized carbons (Fsp3) is 0.286. The number of hydrogen-bond acceptors (Lipinski definition) is 4. The SMILES string of the molecule is CC(=O)N[C@H](CO)C(=O)N1CCc2[nH]nc(-c3cccc4ccccc34)c2C1. The lowest BCUT2D eigenvalue weighted by Crippen LogP contribution is -2.51. The molecule has 0 aliphatic carbocycles. The Morgan fingerprint density at radius 1 is 1.25 bits per heavy atom. The molecule has 1 aliphatic rings. The number of benzene rings is 2. The van der Waals surface area contributed by atoms with Gasteiger partial charge in [0, 0.05) is 43.3 Å². The van der Waals surface area contributed by atoms with Crippen molar-refractivity contribution in [2.75, 3.05) is 13.2 Å². The Bertz CT molecular complexity index is 1040. The van der Waals surface area contributed by atoms with Gasteiger partial charge < -0.3 is 15.3 Å². The minimum Gasteiger partial charge on any atom is -0.394 e. The van der Waals surface area contributed by atoms with Gasteiger partial charge in [0.15, 0.2) is 0 Å². The first-order valence-corrected chi connectivity index (χ1v) is 9.29. The molecule has 3 N–H and O–H groups in total. The predicted molar refractivity (Wildman–Crippen MR) is 105 cm³/mol. The number of nitrogens with zero attached hydrogens (tertiary/aromatic N) is 2. The number of amides is 2. The summed E-state index contributed by atoms with van der Waals surface area (Å²) in [6.07, 6.45) is 0.650. The lowest BCUT2D eigenvalue weighted by molar-refractivity contribution is -0.138. The third kappa shape index (κ3) is 3.25. The summed E-state index contributed by atoms with van der Waals surface area (Å²) in [6.45, 7) is 1.81. The van der Waals surface area contributed by atoms with E-state index in [-0.39, 0.29) is 11.8 Å². The highest BCUT2D eigenvalue weighted by Crippen LogP contribution is 2.33. The Balaban J connectivity index is 1.67. The summed E-state index contributed by atoms with van der Waals surface area (Å²) in [4.78, 5) is 25.8. The average Bonchev–Trinajstić information content (AvgIpc) is 3.14. The maximum absolute atomic E-state index is 12.8. The summed E-state index contributed by atoms with van der Waals surface area (Å²) < 4.78 is 0. The molecule has 0 saturated heterocycles. The molecule has 1 aliphatic heterocycles. The number of aromatic nitrogens is 2. The molecule has 2 heterocycles. The van der Waals surface area contributed by atoms with Gasteiger partial charge in [0.1, 0.15) is 6.04 Å².